The zero-order valence-corrected chi connectivity index (χ0v) is 13.4. The van der Waals surface area contributed by atoms with Crippen LogP contribution in [0.4, 0.5) is 0 Å². The SMILES string of the molecule is Cc1nc(CN2CCOC(c3ccccc3)C2)c2ccccn12. The molecule has 0 aliphatic carbocycles. The second-order valence-electron chi connectivity index (χ2n) is 6.07. The van der Waals surface area contributed by atoms with Crippen molar-refractivity contribution in [3.05, 3.63) is 71.8 Å². The maximum Gasteiger partial charge on any atom is 0.110 e. The van der Waals surface area contributed by atoms with Crippen molar-refractivity contribution >= 4 is 5.52 Å². The molecule has 0 radical (unpaired) electrons. The minimum atomic E-state index is 0.153. The lowest BCUT2D eigenvalue weighted by atomic mass is 10.1. The molecule has 0 bridgehead atoms. The summed E-state index contributed by atoms with van der Waals surface area (Å²) in [6.07, 6.45) is 2.23. The van der Waals surface area contributed by atoms with Crippen LogP contribution < -0.4 is 0 Å². The molecule has 4 nitrogen and oxygen atoms in total. The van der Waals surface area contributed by atoms with E-state index in [1.165, 1.54) is 11.1 Å². The largest absolute Gasteiger partial charge is 0.371 e. The van der Waals surface area contributed by atoms with Crippen LogP contribution in [0.5, 0.6) is 0 Å². The molecule has 0 N–H and O–H groups in total. The third kappa shape index (κ3) is 2.87. The molecule has 1 aliphatic heterocycles. The van der Waals surface area contributed by atoms with Crippen molar-refractivity contribution in [3.63, 3.8) is 0 Å². The average Bonchev–Trinajstić information content (AvgIpc) is 2.92. The van der Waals surface area contributed by atoms with E-state index in [9.17, 15) is 0 Å². The van der Waals surface area contributed by atoms with E-state index >= 15 is 0 Å². The molecule has 4 rings (SSSR count). The van der Waals surface area contributed by atoms with Crippen LogP contribution >= 0.6 is 0 Å². The van der Waals surface area contributed by atoms with Gasteiger partial charge in [-0.2, -0.15) is 0 Å². The number of nitrogens with zero attached hydrogens (tertiary/aromatic N) is 3. The zero-order valence-electron chi connectivity index (χ0n) is 13.4. The summed E-state index contributed by atoms with van der Waals surface area (Å²) >= 11 is 0. The number of pyridine rings is 1. The number of fused-ring (bicyclic) bond motifs is 1. The quantitative estimate of drug-likeness (QED) is 0.744. The molecule has 118 valence electrons. The fraction of sp³-hybridized carbons (Fsp3) is 0.316. The van der Waals surface area contributed by atoms with Gasteiger partial charge in [0.15, 0.2) is 0 Å². The molecule has 3 aromatic rings. The Morgan fingerprint density at radius 3 is 2.83 bits per heavy atom. The lowest BCUT2D eigenvalue weighted by Crippen LogP contribution is -2.37. The number of hydrogen-bond donors (Lipinski definition) is 0. The number of rotatable bonds is 3. The molecule has 1 fully saturated rings. The van der Waals surface area contributed by atoms with Gasteiger partial charge in [0.2, 0.25) is 0 Å². The van der Waals surface area contributed by atoms with E-state index in [2.05, 4.69) is 58.8 Å². The van der Waals surface area contributed by atoms with Crippen LogP contribution in [0.3, 0.4) is 0 Å². The summed E-state index contributed by atoms with van der Waals surface area (Å²) < 4.78 is 8.11. The Morgan fingerprint density at radius 2 is 1.96 bits per heavy atom. The van der Waals surface area contributed by atoms with Crippen molar-refractivity contribution in [1.82, 2.24) is 14.3 Å². The molecule has 23 heavy (non-hydrogen) atoms. The molecule has 3 heterocycles. The van der Waals surface area contributed by atoms with Gasteiger partial charge < -0.3 is 9.14 Å². The topological polar surface area (TPSA) is 29.8 Å². The number of benzene rings is 1. The molecule has 4 heteroatoms. The first kappa shape index (κ1) is 14.4. The molecule has 0 saturated carbocycles. The maximum absolute atomic E-state index is 5.96. The lowest BCUT2D eigenvalue weighted by Gasteiger charge is -2.32. The summed E-state index contributed by atoms with van der Waals surface area (Å²) in [5.41, 5.74) is 3.60. The maximum atomic E-state index is 5.96. The van der Waals surface area contributed by atoms with Crippen molar-refractivity contribution in [2.45, 2.75) is 19.6 Å². The third-order valence-electron chi connectivity index (χ3n) is 4.50. The van der Waals surface area contributed by atoms with Gasteiger partial charge in [0.25, 0.3) is 0 Å². The fourth-order valence-electron chi connectivity index (χ4n) is 3.31. The lowest BCUT2D eigenvalue weighted by molar-refractivity contribution is -0.0331. The molecule has 0 amide bonds. The summed E-state index contributed by atoms with van der Waals surface area (Å²) in [6.45, 7) is 5.56. The fourth-order valence-corrected chi connectivity index (χ4v) is 3.31. The Morgan fingerprint density at radius 1 is 1.13 bits per heavy atom. The van der Waals surface area contributed by atoms with Crippen molar-refractivity contribution in [3.8, 4) is 0 Å². The highest BCUT2D eigenvalue weighted by Crippen LogP contribution is 2.24. The Bertz CT molecular complexity index is 797. The van der Waals surface area contributed by atoms with Crippen molar-refractivity contribution < 1.29 is 4.74 Å². The predicted octanol–water partition coefficient (Wildman–Crippen LogP) is 3.22. The van der Waals surface area contributed by atoms with Gasteiger partial charge in [-0.1, -0.05) is 36.4 Å². The zero-order chi connectivity index (χ0) is 15.6. The normalized spacial score (nSPS) is 19.3. The standard InChI is InChI=1S/C19H21N3O/c1-15-20-17(18-9-5-6-10-22(15)18)13-21-11-12-23-19(14-21)16-7-3-2-4-8-16/h2-10,19H,11-14H2,1H3. The van der Waals surface area contributed by atoms with Crippen LogP contribution in [-0.4, -0.2) is 34.0 Å². The number of hydrogen-bond acceptors (Lipinski definition) is 3. The highest BCUT2D eigenvalue weighted by atomic mass is 16.5. The number of morpholine rings is 1. The van der Waals surface area contributed by atoms with E-state index in [-0.39, 0.29) is 6.10 Å². The smallest absolute Gasteiger partial charge is 0.110 e. The minimum absolute atomic E-state index is 0.153. The Labute approximate surface area is 136 Å². The minimum Gasteiger partial charge on any atom is -0.371 e. The molecule has 2 aromatic heterocycles. The van der Waals surface area contributed by atoms with Gasteiger partial charge in [-0.15, -0.1) is 0 Å². The first-order valence-electron chi connectivity index (χ1n) is 8.13. The van der Waals surface area contributed by atoms with Gasteiger partial charge >= 0.3 is 0 Å². The number of imidazole rings is 1. The van der Waals surface area contributed by atoms with E-state index in [0.717, 1.165) is 37.8 Å². The monoisotopic (exact) mass is 307 g/mol. The van der Waals surface area contributed by atoms with E-state index < -0.39 is 0 Å². The molecular weight excluding hydrogens is 286 g/mol. The second kappa shape index (κ2) is 6.14. The van der Waals surface area contributed by atoms with Crippen LogP contribution in [0.15, 0.2) is 54.7 Å². The summed E-state index contributed by atoms with van der Waals surface area (Å²) in [4.78, 5) is 7.20. The second-order valence-corrected chi connectivity index (χ2v) is 6.07. The molecule has 1 aliphatic rings. The van der Waals surface area contributed by atoms with Gasteiger partial charge in [-0.25, -0.2) is 4.98 Å². The van der Waals surface area contributed by atoms with E-state index in [4.69, 9.17) is 9.72 Å². The van der Waals surface area contributed by atoms with Crippen LogP contribution in [0.2, 0.25) is 0 Å². The van der Waals surface area contributed by atoms with Crippen molar-refractivity contribution in [2.24, 2.45) is 0 Å². The number of ether oxygens (including phenoxy) is 1. The van der Waals surface area contributed by atoms with Gasteiger partial charge in [0, 0.05) is 25.8 Å². The molecule has 0 spiro atoms. The van der Waals surface area contributed by atoms with Crippen LogP contribution in [0.1, 0.15) is 23.2 Å². The van der Waals surface area contributed by atoms with E-state index in [0.29, 0.717) is 0 Å². The summed E-state index contributed by atoms with van der Waals surface area (Å²) in [7, 11) is 0. The molecule has 1 atom stereocenters. The van der Waals surface area contributed by atoms with Gasteiger partial charge in [0.1, 0.15) is 5.82 Å². The number of aryl methyl sites for hydroxylation is 1. The van der Waals surface area contributed by atoms with Crippen LogP contribution in [-0.2, 0) is 11.3 Å². The summed E-state index contributed by atoms with van der Waals surface area (Å²) in [5.74, 6) is 1.04. The number of aromatic nitrogens is 2. The van der Waals surface area contributed by atoms with Crippen LogP contribution in [0.25, 0.3) is 5.52 Å². The van der Waals surface area contributed by atoms with Crippen molar-refractivity contribution in [1.29, 1.82) is 0 Å². The van der Waals surface area contributed by atoms with E-state index in [1.54, 1.807) is 0 Å². The third-order valence-corrected chi connectivity index (χ3v) is 4.50. The highest BCUT2D eigenvalue weighted by Gasteiger charge is 2.23. The Kier molecular flexibility index (Phi) is 3.85. The molecule has 1 saturated heterocycles. The van der Waals surface area contributed by atoms with Gasteiger partial charge in [-0.3, -0.25) is 4.90 Å². The van der Waals surface area contributed by atoms with Gasteiger partial charge in [-0.05, 0) is 24.6 Å². The summed E-state index contributed by atoms with van der Waals surface area (Å²) in [6, 6.07) is 16.7. The first-order valence-corrected chi connectivity index (χ1v) is 8.13. The summed E-state index contributed by atoms with van der Waals surface area (Å²) in [5, 5.41) is 0. The highest BCUT2D eigenvalue weighted by molar-refractivity contribution is 5.53. The first-order chi connectivity index (χ1) is 11.3. The van der Waals surface area contributed by atoms with Crippen molar-refractivity contribution in [2.75, 3.05) is 19.7 Å². The molecular formula is C19H21N3O. The van der Waals surface area contributed by atoms with Gasteiger partial charge in [0.05, 0.1) is 23.9 Å². The van der Waals surface area contributed by atoms with E-state index in [1.807, 2.05) is 12.1 Å². The Balaban J connectivity index is 1.54. The van der Waals surface area contributed by atoms with Crippen LogP contribution in [0, 0.1) is 6.92 Å². The molecule has 1 aromatic carbocycles. The Hall–Kier alpha value is -2.17. The predicted molar refractivity (Wildman–Crippen MR) is 90.3 cm³/mol. The molecule has 1 unspecified atom stereocenters. The average molecular weight is 307 g/mol.